The van der Waals surface area contributed by atoms with E-state index in [0.717, 1.165) is 23.4 Å². The van der Waals surface area contributed by atoms with Gasteiger partial charge in [0.25, 0.3) is 0 Å². The van der Waals surface area contributed by atoms with Crippen LogP contribution in [-0.4, -0.2) is 13.1 Å². The average molecular weight is 231 g/mol. The third-order valence-electron chi connectivity index (χ3n) is 2.08. The van der Waals surface area contributed by atoms with E-state index in [-0.39, 0.29) is 0 Å². The van der Waals surface area contributed by atoms with E-state index in [1.807, 2.05) is 0 Å². The zero-order chi connectivity index (χ0) is 8.55. The quantitative estimate of drug-likeness (QED) is 0.805. The van der Waals surface area contributed by atoms with E-state index in [1.165, 1.54) is 12.8 Å². The Bertz CT molecular complexity index is 279. The minimum absolute atomic E-state index is 0.476. The first kappa shape index (κ1) is 7.98. The fourth-order valence-electron chi connectivity index (χ4n) is 1.51. The van der Waals surface area contributed by atoms with Gasteiger partial charge >= 0.3 is 0 Å². The van der Waals surface area contributed by atoms with Crippen molar-refractivity contribution in [1.29, 1.82) is 0 Å². The Morgan fingerprint density at radius 1 is 1.42 bits per heavy atom. The van der Waals surface area contributed by atoms with E-state index in [4.69, 9.17) is 10.2 Å². The summed E-state index contributed by atoms with van der Waals surface area (Å²) >= 11 is 3.41. The van der Waals surface area contributed by atoms with Crippen LogP contribution in [0.25, 0.3) is 0 Å². The second kappa shape index (κ2) is 3.01. The summed E-state index contributed by atoms with van der Waals surface area (Å²) in [7, 11) is 0. The van der Waals surface area contributed by atoms with Gasteiger partial charge in [0, 0.05) is 19.2 Å². The summed E-state index contributed by atoms with van der Waals surface area (Å²) in [6.07, 6.45) is 2.49. The molecule has 1 aromatic heterocycles. The van der Waals surface area contributed by atoms with E-state index in [0.29, 0.717) is 5.88 Å². The normalized spacial score (nSPS) is 17.2. The molecule has 0 amide bonds. The number of furan rings is 1. The molecule has 1 aromatic rings. The number of halogens is 1. The monoisotopic (exact) mass is 230 g/mol. The van der Waals surface area contributed by atoms with Crippen molar-refractivity contribution in [2.24, 2.45) is 0 Å². The summed E-state index contributed by atoms with van der Waals surface area (Å²) in [5, 5.41) is 0. The zero-order valence-corrected chi connectivity index (χ0v) is 8.30. The Morgan fingerprint density at radius 2 is 2.08 bits per heavy atom. The summed E-state index contributed by atoms with van der Waals surface area (Å²) in [5.74, 6) is 1.36. The van der Waals surface area contributed by atoms with E-state index in [2.05, 4.69) is 20.8 Å². The maximum atomic E-state index is 5.52. The molecule has 0 aromatic carbocycles. The molecule has 12 heavy (non-hydrogen) atoms. The lowest BCUT2D eigenvalue weighted by Gasteiger charge is -2.13. The highest BCUT2D eigenvalue weighted by molar-refractivity contribution is 9.10. The van der Waals surface area contributed by atoms with Gasteiger partial charge in [0.2, 0.25) is 5.88 Å². The topological polar surface area (TPSA) is 42.4 Å². The summed E-state index contributed by atoms with van der Waals surface area (Å²) < 4.78 is 6.32. The standard InChI is InChI=1S/C8H11BrN2O/c9-6-5-7(10)12-8(6)11-3-1-2-4-11/h5H,1-4,10H2. The first-order chi connectivity index (χ1) is 5.77. The Morgan fingerprint density at radius 3 is 2.58 bits per heavy atom. The van der Waals surface area contributed by atoms with Gasteiger partial charge in [-0.25, -0.2) is 0 Å². The van der Waals surface area contributed by atoms with Crippen molar-refractivity contribution >= 4 is 27.7 Å². The number of nitrogen functional groups attached to an aromatic ring is 1. The molecule has 2 rings (SSSR count). The Hall–Kier alpha value is -0.640. The van der Waals surface area contributed by atoms with Gasteiger partial charge in [-0.15, -0.1) is 0 Å². The second-order valence-electron chi connectivity index (χ2n) is 3.00. The Kier molecular flexibility index (Phi) is 2.00. The van der Waals surface area contributed by atoms with Gasteiger partial charge in [-0.3, -0.25) is 0 Å². The molecule has 1 saturated heterocycles. The molecule has 0 bridgehead atoms. The molecular formula is C8H11BrN2O. The van der Waals surface area contributed by atoms with E-state index in [1.54, 1.807) is 6.07 Å². The molecule has 1 aliphatic rings. The fourth-order valence-corrected chi connectivity index (χ4v) is 2.07. The maximum absolute atomic E-state index is 5.52. The molecule has 0 aliphatic carbocycles. The molecule has 1 fully saturated rings. The summed E-state index contributed by atoms with van der Waals surface area (Å²) in [6, 6.07) is 1.80. The first-order valence-corrected chi connectivity index (χ1v) is 4.86. The fraction of sp³-hybridized carbons (Fsp3) is 0.500. The Labute approximate surface area is 79.6 Å². The number of anilines is 2. The lowest BCUT2D eigenvalue weighted by molar-refractivity contribution is 0.573. The zero-order valence-electron chi connectivity index (χ0n) is 6.72. The van der Waals surface area contributed by atoms with Crippen molar-refractivity contribution in [1.82, 2.24) is 0 Å². The lowest BCUT2D eigenvalue weighted by atomic mass is 10.4. The Balaban J connectivity index is 2.25. The summed E-state index contributed by atoms with van der Waals surface area (Å²) in [5.41, 5.74) is 5.52. The van der Waals surface area contributed by atoms with Gasteiger partial charge in [0.1, 0.15) is 0 Å². The highest BCUT2D eigenvalue weighted by Crippen LogP contribution is 2.33. The van der Waals surface area contributed by atoms with Crippen molar-refractivity contribution in [2.75, 3.05) is 23.7 Å². The second-order valence-corrected chi connectivity index (χ2v) is 3.85. The van der Waals surface area contributed by atoms with Gasteiger partial charge < -0.3 is 15.1 Å². The largest absolute Gasteiger partial charge is 0.424 e. The van der Waals surface area contributed by atoms with Crippen LogP contribution in [0, 0.1) is 0 Å². The molecule has 4 heteroatoms. The number of nitrogens with two attached hydrogens (primary N) is 1. The molecule has 2 heterocycles. The van der Waals surface area contributed by atoms with Crippen molar-refractivity contribution in [2.45, 2.75) is 12.8 Å². The first-order valence-electron chi connectivity index (χ1n) is 4.07. The van der Waals surface area contributed by atoms with Crippen molar-refractivity contribution in [3.63, 3.8) is 0 Å². The molecule has 0 spiro atoms. The molecule has 0 atom stereocenters. The van der Waals surface area contributed by atoms with Gasteiger partial charge in [0.15, 0.2) is 5.88 Å². The number of hydrogen-bond acceptors (Lipinski definition) is 3. The highest BCUT2D eigenvalue weighted by Gasteiger charge is 2.18. The summed E-state index contributed by atoms with van der Waals surface area (Å²) in [4.78, 5) is 2.21. The number of nitrogens with zero attached hydrogens (tertiary/aromatic N) is 1. The molecule has 1 aliphatic heterocycles. The maximum Gasteiger partial charge on any atom is 0.212 e. The van der Waals surface area contributed by atoms with Crippen LogP contribution < -0.4 is 10.6 Å². The van der Waals surface area contributed by atoms with Gasteiger partial charge in [-0.2, -0.15) is 0 Å². The van der Waals surface area contributed by atoms with Crippen LogP contribution in [0.15, 0.2) is 15.0 Å². The third kappa shape index (κ3) is 1.31. The molecule has 0 saturated carbocycles. The van der Waals surface area contributed by atoms with Crippen LogP contribution in [0.4, 0.5) is 11.8 Å². The average Bonchev–Trinajstić information content (AvgIpc) is 2.58. The van der Waals surface area contributed by atoms with E-state index >= 15 is 0 Å². The smallest absolute Gasteiger partial charge is 0.212 e. The highest BCUT2D eigenvalue weighted by atomic mass is 79.9. The van der Waals surface area contributed by atoms with Gasteiger partial charge in [0.05, 0.1) is 4.47 Å². The minimum atomic E-state index is 0.476. The van der Waals surface area contributed by atoms with E-state index in [9.17, 15) is 0 Å². The van der Waals surface area contributed by atoms with Crippen LogP contribution in [0.3, 0.4) is 0 Å². The van der Waals surface area contributed by atoms with Crippen molar-refractivity contribution in [3.05, 3.63) is 10.5 Å². The van der Waals surface area contributed by atoms with Crippen molar-refractivity contribution < 1.29 is 4.42 Å². The lowest BCUT2D eigenvalue weighted by Crippen LogP contribution is -2.17. The van der Waals surface area contributed by atoms with Crippen LogP contribution >= 0.6 is 15.9 Å². The third-order valence-corrected chi connectivity index (χ3v) is 2.65. The number of rotatable bonds is 1. The minimum Gasteiger partial charge on any atom is -0.424 e. The van der Waals surface area contributed by atoms with Crippen LogP contribution in [0.2, 0.25) is 0 Å². The predicted molar refractivity (Wildman–Crippen MR) is 52.3 cm³/mol. The van der Waals surface area contributed by atoms with Gasteiger partial charge in [-0.1, -0.05) is 0 Å². The van der Waals surface area contributed by atoms with Gasteiger partial charge in [-0.05, 0) is 28.8 Å². The summed E-state index contributed by atoms with van der Waals surface area (Å²) in [6.45, 7) is 2.15. The van der Waals surface area contributed by atoms with Crippen LogP contribution in [0.1, 0.15) is 12.8 Å². The predicted octanol–water partition coefficient (Wildman–Crippen LogP) is 2.22. The van der Waals surface area contributed by atoms with E-state index < -0.39 is 0 Å². The molecule has 0 radical (unpaired) electrons. The molecule has 2 N–H and O–H groups in total. The molecule has 0 unspecified atom stereocenters. The number of hydrogen-bond donors (Lipinski definition) is 1. The SMILES string of the molecule is Nc1cc(Br)c(N2CCCC2)o1. The molecular weight excluding hydrogens is 220 g/mol. The van der Waals surface area contributed by atoms with Crippen LogP contribution in [0.5, 0.6) is 0 Å². The molecule has 66 valence electrons. The van der Waals surface area contributed by atoms with Crippen molar-refractivity contribution in [3.8, 4) is 0 Å². The molecule has 3 nitrogen and oxygen atoms in total. The van der Waals surface area contributed by atoms with Crippen LogP contribution in [-0.2, 0) is 0 Å².